The van der Waals surface area contributed by atoms with Gasteiger partial charge < -0.3 is 62.1 Å². The lowest BCUT2D eigenvalue weighted by Crippen LogP contribution is -2.63. The number of carbonyl (C=O) groups excluding carboxylic acids is 8. The summed E-state index contributed by atoms with van der Waals surface area (Å²) < 4.78 is 0. The molecule has 2 aromatic rings. The monoisotopic (exact) mass is 1110 g/mol. The predicted octanol–water partition coefficient (Wildman–Crippen LogP) is 3.97. The van der Waals surface area contributed by atoms with Crippen LogP contribution in [0.4, 0.5) is 9.59 Å². The quantitative estimate of drug-likeness (QED) is 0.0942. The van der Waals surface area contributed by atoms with Crippen LogP contribution in [0.1, 0.15) is 152 Å². The molecule has 0 bridgehead atoms. The van der Waals surface area contributed by atoms with E-state index in [0.717, 1.165) is 64.2 Å². The number of hydrogen-bond acceptors (Lipinski definition) is 10. The number of fused-ring (bicyclic) bond motifs is 2. The second kappa shape index (κ2) is 28.9. The molecule has 2 aliphatic carbocycles. The van der Waals surface area contributed by atoms with Crippen LogP contribution in [0.2, 0.25) is 0 Å². The van der Waals surface area contributed by atoms with E-state index in [0.29, 0.717) is 77.5 Å². The van der Waals surface area contributed by atoms with Crippen molar-refractivity contribution >= 4 is 47.5 Å². The van der Waals surface area contributed by atoms with E-state index in [1.54, 1.807) is 47.5 Å². The molecule has 4 heterocycles. The van der Waals surface area contributed by atoms with E-state index < -0.39 is 36.3 Å². The van der Waals surface area contributed by atoms with Crippen LogP contribution in [0.5, 0.6) is 0 Å². The zero-order valence-corrected chi connectivity index (χ0v) is 47.7. The number of carbonyl (C=O) groups is 8. The molecule has 438 valence electrons. The highest BCUT2D eigenvalue weighted by Crippen LogP contribution is 2.37. The highest BCUT2D eigenvalue weighted by molar-refractivity contribution is 5.96. The van der Waals surface area contributed by atoms with E-state index in [4.69, 9.17) is 0 Å². The minimum Gasteiger partial charge on any atom is -0.351 e. The number of amides is 10. The molecule has 0 aromatic heterocycles. The van der Waals surface area contributed by atoms with Crippen molar-refractivity contribution in [1.82, 2.24) is 62.1 Å². The molecule has 10 amide bonds. The van der Waals surface area contributed by atoms with Crippen LogP contribution in [0.25, 0.3) is 0 Å². The fourth-order valence-electron chi connectivity index (χ4n) is 13.3. The Balaban J connectivity index is 0.798. The molecule has 6 fully saturated rings. The third-order valence-corrected chi connectivity index (χ3v) is 18.1. The summed E-state index contributed by atoms with van der Waals surface area (Å²) in [5.41, 5.74) is 2.41. The van der Waals surface area contributed by atoms with Gasteiger partial charge in [0.2, 0.25) is 35.4 Å². The van der Waals surface area contributed by atoms with Gasteiger partial charge in [-0.15, -0.1) is 0 Å². The van der Waals surface area contributed by atoms with Crippen LogP contribution in [0, 0.1) is 0 Å². The van der Waals surface area contributed by atoms with Crippen LogP contribution in [0.3, 0.4) is 0 Å². The molecular weight excluding hydrogens is 1020 g/mol. The van der Waals surface area contributed by atoms with Crippen molar-refractivity contribution in [3.05, 3.63) is 71.8 Å². The van der Waals surface area contributed by atoms with E-state index in [1.165, 1.54) is 11.1 Å². The molecule has 2 aromatic carbocycles. The summed E-state index contributed by atoms with van der Waals surface area (Å²) in [4.78, 5) is 118. The molecule has 6 aliphatic rings. The van der Waals surface area contributed by atoms with Gasteiger partial charge in [-0.2, -0.15) is 0 Å². The van der Waals surface area contributed by atoms with Crippen molar-refractivity contribution in [2.45, 2.75) is 202 Å². The van der Waals surface area contributed by atoms with Crippen LogP contribution >= 0.6 is 0 Å². The number of nitrogens with one attached hydrogen (secondary N) is 8. The summed E-state index contributed by atoms with van der Waals surface area (Å²) in [6.45, 7) is 4.81. The third-order valence-electron chi connectivity index (χ3n) is 18.1. The average Bonchev–Trinajstić information content (AvgIpc) is 4.20. The van der Waals surface area contributed by atoms with Crippen LogP contribution in [0.15, 0.2) is 60.7 Å². The lowest BCUT2D eigenvalue weighted by Gasteiger charge is -2.39. The molecule has 8 N–H and O–H groups in total. The van der Waals surface area contributed by atoms with Gasteiger partial charge >= 0.3 is 12.1 Å². The number of likely N-dealkylation sites (N-methyl/N-ethyl adjacent to an activating group) is 2. The highest BCUT2D eigenvalue weighted by atomic mass is 16.2. The first-order valence-electron chi connectivity index (χ1n) is 30.1. The van der Waals surface area contributed by atoms with Crippen molar-refractivity contribution < 1.29 is 38.4 Å². The van der Waals surface area contributed by atoms with Gasteiger partial charge in [-0.05, 0) is 116 Å². The Morgan fingerprint density at radius 1 is 0.487 bits per heavy atom. The minimum atomic E-state index is -1.05. The van der Waals surface area contributed by atoms with Gasteiger partial charge in [0.25, 0.3) is 0 Å². The molecule has 0 spiro atoms. The van der Waals surface area contributed by atoms with Gasteiger partial charge in [0.05, 0.1) is 25.2 Å². The van der Waals surface area contributed by atoms with E-state index in [9.17, 15) is 38.4 Å². The number of rotatable bonds is 19. The van der Waals surface area contributed by atoms with Crippen molar-refractivity contribution in [2.75, 3.05) is 53.4 Å². The first-order chi connectivity index (χ1) is 38.8. The summed E-state index contributed by atoms with van der Waals surface area (Å²) in [5, 5.41) is 24.4. The Morgan fingerprint density at radius 2 is 0.875 bits per heavy atom. The van der Waals surface area contributed by atoms with E-state index in [-0.39, 0.29) is 96.6 Å². The van der Waals surface area contributed by atoms with E-state index in [1.807, 2.05) is 36.4 Å². The number of unbranched alkanes of at least 4 members (excludes halogenated alkanes) is 3. The molecule has 0 unspecified atom stereocenters. The van der Waals surface area contributed by atoms with Gasteiger partial charge in [-0.25, -0.2) is 9.59 Å². The van der Waals surface area contributed by atoms with Crippen molar-refractivity contribution in [2.24, 2.45) is 0 Å². The molecule has 80 heavy (non-hydrogen) atoms. The fraction of sp³-hybridized carbons (Fsp3) is 0.667. The molecule has 20 heteroatoms. The molecule has 0 radical (unpaired) electrons. The van der Waals surface area contributed by atoms with Crippen molar-refractivity contribution in [1.29, 1.82) is 0 Å². The Bertz CT molecular complexity index is 2270. The second-order valence-corrected chi connectivity index (χ2v) is 23.3. The fourth-order valence-corrected chi connectivity index (χ4v) is 13.3. The van der Waals surface area contributed by atoms with E-state index in [2.05, 4.69) is 66.8 Å². The summed E-state index contributed by atoms with van der Waals surface area (Å²) in [6, 6.07) is 14.7. The molecule has 8 rings (SSSR count). The van der Waals surface area contributed by atoms with Crippen molar-refractivity contribution in [3.63, 3.8) is 0 Å². The topological polar surface area (TPSA) is 246 Å². The Kier molecular flexibility index (Phi) is 21.6. The Morgan fingerprint density at radius 3 is 1.26 bits per heavy atom. The van der Waals surface area contributed by atoms with Crippen molar-refractivity contribution in [3.8, 4) is 0 Å². The van der Waals surface area contributed by atoms with E-state index >= 15 is 0 Å². The van der Waals surface area contributed by atoms with Gasteiger partial charge in [0.15, 0.2) is 0 Å². The first kappa shape index (κ1) is 59.8. The standard InChI is InChI=1S/C60H90N12O8/c1-39(61-3)53(73)67-49-37-69(35-31-43-27-29-51(71(43)57(49)77)55(75)65-47-25-15-13-23-45(47)41-19-9-7-10-20-41)59(79)63-33-17-5-6-18-34-64-60(80)70-36-32-44-28-30-52(72(44)58(78)50(38-70)68-54(74)40(2)62-4)56(76)66-48-26-16-14-24-46(48)42-21-11-8-12-22-42/h7-12,19-22,39-40,43-52,61-62H,5-6,13-18,23-38H2,1-4H3,(H,63,79)(H,64,80)(H,65,75)(H,66,76)(H,67,73)(H,68,74)/t39-,40-,43+,44+,45-,46-,47+,48+,49-,50-,51-,52-/m0/s1. The largest absolute Gasteiger partial charge is 0.351 e. The maximum atomic E-state index is 14.6. The summed E-state index contributed by atoms with van der Waals surface area (Å²) >= 11 is 0. The highest BCUT2D eigenvalue weighted by Gasteiger charge is 2.48. The molecule has 2 saturated carbocycles. The van der Waals surface area contributed by atoms with Gasteiger partial charge in [0.1, 0.15) is 24.2 Å². The predicted molar refractivity (Wildman–Crippen MR) is 305 cm³/mol. The third kappa shape index (κ3) is 15.0. The van der Waals surface area contributed by atoms with Gasteiger partial charge in [-0.3, -0.25) is 28.8 Å². The van der Waals surface area contributed by atoms with Crippen LogP contribution < -0.4 is 42.5 Å². The maximum absolute atomic E-state index is 14.6. The van der Waals surface area contributed by atoms with Gasteiger partial charge in [-0.1, -0.05) is 99.2 Å². The molecule has 12 atom stereocenters. The SMILES string of the molecule is CN[C@@H](C)C(=O)N[C@H]1CN(C(=O)NCCCCCCNC(=O)N2CC[C@H]3CC[C@@H](C(=O)N[C@@H]4CCCC[C@H]4c4ccccc4)N3C(=O)[C@@H](NC(=O)[C@H](C)NC)C2)CC[C@H]2CC[C@@H](C(=O)N[C@@H]3CCCC[C@H]3c3ccccc3)N2C1=O. The molecule has 20 nitrogen and oxygen atoms in total. The summed E-state index contributed by atoms with van der Waals surface area (Å²) in [7, 11) is 3.33. The molecule has 4 aliphatic heterocycles. The number of benzene rings is 2. The zero-order chi connectivity index (χ0) is 56.7. The van der Waals surface area contributed by atoms with Crippen LogP contribution in [-0.4, -0.2) is 181 Å². The Labute approximate surface area is 473 Å². The summed E-state index contributed by atoms with van der Waals surface area (Å²) in [6.07, 6.45) is 14.1. The van der Waals surface area contributed by atoms with Gasteiger partial charge in [0, 0.05) is 62.2 Å². The smallest absolute Gasteiger partial charge is 0.317 e. The maximum Gasteiger partial charge on any atom is 0.317 e. The average molecular weight is 1110 g/mol. The van der Waals surface area contributed by atoms with Crippen LogP contribution in [-0.2, 0) is 28.8 Å². The normalized spacial score (nSPS) is 27.9. The molecular formula is C60H90N12O8. The Hall–Kier alpha value is -6.28. The number of urea groups is 2. The second-order valence-electron chi connectivity index (χ2n) is 23.3. The minimum absolute atomic E-state index is 0.0375. The number of nitrogens with zero attached hydrogens (tertiary/aromatic N) is 4. The zero-order valence-electron chi connectivity index (χ0n) is 47.7. The molecule has 4 saturated heterocycles. The number of hydrogen-bond donors (Lipinski definition) is 8. The lowest BCUT2D eigenvalue weighted by atomic mass is 9.80. The first-order valence-corrected chi connectivity index (χ1v) is 30.1. The lowest BCUT2D eigenvalue weighted by molar-refractivity contribution is -0.145. The summed E-state index contributed by atoms with van der Waals surface area (Å²) in [5.74, 6) is -1.39.